The first kappa shape index (κ1) is 18.6. The summed E-state index contributed by atoms with van der Waals surface area (Å²) in [5, 5.41) is 22.6. The number of anilines is 1. The fourth-order valence-electron chi connectivity index (χ4n) is 2.54. The molecule has 28 heavy (non-hydrogen) atoms. The molecule has 3 aromatic carbocycles. The van der Waals surface area contributed by atoms with Crippen molar-refractivity contribution >= 4 is 17.3 Å². The zero-order valence-corrected chi connectivity index (χ0v) is 14.7. The second-order valence-electron chi connectivity index (χ2n) is 5.85. The van der Waals surface area contributed by atoms with Crippen molar-refractivity contribution in [2.24, 2.45) is 0 Å². The Labute approximate surface area is 161 Å². The first-order valence-corrected chi connectivity index (χ1v) is 8.33. The molecule has 0 aliphatic carbocycles. The molecule has 0 spiro atoms. The summed E-state index contributed by atoms with van der Waals surface area (Å²) in [6.45, 7) is 0.194. The lowest BCUT2D eigenvalue weighted by Crippen LogP contribution is -2.12. The second kappa shape index (κ2) is 8.47. The molecule has 138 valence electrons. The highest BCUT2D eigenvalue weighted by atomic mass is 16.6. The molecule has 3 aromatic rings. The van der Waals surface area contributed by atoms with Crippen molar-refractivity contribution in [3.8, 4) is 11.8 Å². The van der Waals surface area contributed by atoms with Gasteiger partial charge in [0.05, 0.1) is 16.6 Å². The van der Waals surface area contributed by atoms with Gasteiger partial charge in [-0.05, 0) is 30.3 Å². The molecule has 0 saturated carbocycles. The molecule has 0 bridgehead atoms. The molecule has 0 aliphatic heterocycles. The van der Waals surface area contributed by atoms with E-state index in [1.54, 1.807) is 48.5 Å². The molecular formula is C21H15N3O4. The summed E-state index contributed by atoms with van der Waals surface area (Å²) < 4.78 is 5.71. The maximum absolute atomic E-state index is 12.4. The molecule has 3 rings (SSSR count). The minimum absolute atomic E-state index is 0.106. The van der Waals surface area contributed by atoms with Crippen LogP contribution in [-0.4, -0.2) is 10.8 Å². The Morgan fingerprint density at radius 3 is 2.64 bits per heavy atom. The van der Waals surface area contributed by atoms with E-state index < -0.39 is 10.8 Å². The average Bonchev–Trinajstić information content (AvgIpc) is 2.72. The van der Waals surface area contributed by atoms with Gasteiger partial charge >= 0.3 is 0 Å². The number of carbonyl (C=O) groups excluding carboxylic acids is 1. The average molecular weight is 373 g/mol. The summed E-state index contributed by atoms with van der Waals surface area (Å²) >= 11 is 0. The first-order chi connectivity index (χ1) is 13.6. The number of carbonyl (C=O) groups is 1. The predicted molar refractivity (Wildman–Crippen MR) is 103 cm³/mol. The molecule has 0 aromatic heterocycles. The van der Waals surface area contributed by atoms with Gasteiger partial charge in [0.25, 0.3) is 11.6 Å². The van der Waals surface area contributed by atoms with Crippen molar-refractivity contribution in [2.75, 3.05) is 5.32 Å². The maximum atomic E-state index is 12.4. The van der Waals surface area contributed by atoms with E-state index in [1.807, 2.05) is 6.07 Å². The van der Waals surface area contributed by atoms with Crippen LogP contribution in [0.15, 0.2) is 72.8 Å². The van der Waals surface area contributed by atoms with Crippen LogP contribution in [0.5, 0.6) is 5.75 Å². The number of non-ortho nitro benzene ring substituents is 1. The largest absolute Gasteiger partial charge is 0.489 e. The third-order valence-corrected chi connectivity index (χ3v) is 3.94. The quantitative estimate of drug-likeness (QED) is 0.512. The Morgan fingerprint density at radius 1 is 1.07 bits per heavy atom. The Bertz CT molecular complexity index is 1070. The third kappa shape index (κ3) is 4.51. The number of ether oxygens (including phenoxy) is 1. The Hall–Kier alpha value is -4.18. The number of nitriles is 1. The van der Waals surface area contributed by atoms with Crippen LogP contribution in [0.3, 0.4) is 0 Å². The third-order valence-electron chi connectivity index (χ3n) is 3.94. The standard InChI is InChI=1S/C21H15N3O4/c22-13-16-5-1-2-6-17(16)14-28-20-10-3-7-15(11-20)21(25)23-18-8-4-9-19(12-18)24(26)27/h1-12H,14H2,(H,23,25). The van der Waals surface area contributed by atoms with Crippen molar-refractivity contribution in [1.82, 2.24) is 0 Å². The summed E-state index contributed by atoms with van der Waals surface area (Å²) in [6.07, 6.45) is 0. The highest BCUT2D eigenvalue weighted by molar-refractivity contribution is 6.04. The van der Waals surface area contributed by atoms with Gasteiger partial charge in [0, 0.05) is 28.9 Å². The summed E-state index contributed by atoms with van der Waals surface area (Å²) in [5.41, 5.74) is 1.84. The van der Waals surface area contributed by atoms with Crippen LogP contribution in [0.25, 0.3) is 0 Å². The van der Waals surface area contributed by atoms with Crippen LogP contribution in [0.1, 0.15) is 21.5 Å². The van der Waals surface area contributed by atoms with E-state index in [0.29, 0.717) is 22.6 Å². The minimum Gasteiger partial charge on any atom is -0.489 e. The summed E-state index contributed by atoms with van der Waals surface area (Å²) in [6, 6.07) is 21.5. The number of nitro benzene ring substituents is 1. The molecule has 0 unspecified atom stereocenters. The van der Waals surface area contributed by atoms with Crippen LogP contribution in [0, 0.1) is 21.4 Å². The van der Waals surface area contributed by atoms with Crippen molar-refractivity contribution in [1.29, 1.82) is 5.26 Å². The van der Waals surface area contributed by atoms with Crippen LogP contribution in [0.2, 0.25) is 0 Å². The van der Waals surface area contributed by atoms with Gasteiger partial charge in [0.2, 0.25) is 0 Å². The van der Waals surface area contributed by atoms with E-state index in [2.05, 4.69) is 11.4 Å². The van der Waals surface area contributed by atoms with Crippen LogP contribution in [0.4, 0.5) is 11.4 Å². The molecule has 0 heterocycles. The van der Waals surface area contributed by atoms with Gasteiger partial charge in [0.15, 0.2) is 0 Å². The van der Waals surface area contributed by atoms with Crippen molar-refractivity contribution in [2.45, 2.75) is 6.61 Å². The van der Waals surface area contributed by atoms with E-state index in [-0.39, 0.29) is 12.3 Å². The number of hydrogen-bond donors (Lipinski definition) is 1. The topological polar surface area (TPSA) is 105 Å². The monoisotopic (exact) mass is 373 g/mol. The zero-order valence-electron chi connectivity index (χ0n) is 14.7. The smallest absolute Gasteiger partial charge is 0.271 e. The zero-order chi connectivity index (χ0) is 19.9. The van der Waals surface area contributed by atoms with Gasteiger partial charge in [-0.2, -0.15) is 5.26 Å². The van der Waals surface area contributed by atoms with Crippen LogP contribution >= 0.6 is 0 Å². The highest BCUT2D eigenvalue weighted by Gasteiger charge is 2.11. The van der Waals surface area contributed by atoms with Crippen LogP contribution in [-0.2, 0) is 6.61 Å². The highest BCUT2D eigenvalue weighted by Crippen LogP contribution is 2.20. The lowest BCUT2D eigenvalue weighted by Gasteiger charge is -2.10. The molecule has 0 saturated heterocycles. The molecule has 0 radical (unpaired) electrons. The van der Waals surface area contributed by atoms with Crippen molar-refractivity contribution < 1.29 is 14.5 Å². The molecule has 7 nitrogen and oxygen atoms in total. The number of amides is 1. The van der Waals surface area contributed by atoms with E-state index in [0.717, 1.165) is 5.56 Å². The number of nitrogens with zero attached hydrogens (tertiary/aromatic N) is 2. The Morgan fingerprint density at radius 2 is 1.86 bits per heavy atom. The van der Waals surface area contributed by atoms with Gasteiger partial charge in [-0.3, -0.25) is 14.9 Å². The molecular weight excluding hydrogens is 358 g/mol. The molecule has 0 fully saturated rings. The predicted octanol–water partition coefficient (Wildman–Crippen LogP) is 4.30. The normalized spacial score (nSPS) is 9.96. The second-order valence-corrected chi connectivity index (χ2v) is 5.85. The first-order valence-electron chi connectivity index (χ1n) is 8.33. The SMILES string of the molecule is N#Cc1ccccc1COc1cccc(C(=O)Nc2cccc([N+](=O)[O-])c2)c1. The number of nitro groups is 1. The number of benzene rings is 3. The number of hydrogen-bond acceptors (Lipinski definition) is 5. The van der Waals surface area contributed by atoms with Crippen molar-refractivity contribution in [3.05, 3.63) is 99.6 Å². The molecule has 0 atom stereocenters. The van der Waals surface area contributed by atoms with Gasteiger partial charge in [-0.1, -0.05) is 30.3 Å². The minimum atomic E-state index is -0.525. The lowest BCUT2D eigenvalue weighted by atomic mass is 10.1. The fraction of sp³-hybridized carbons (Fsp3) is 0.0476. The maximum Gasteiger partial charge on any atom is 0.271 e. The number of nitrogens with one attached hydrogen (secondary N) is 1. The van der Waals surface area contributed by atoms with E-state index >= 15 is 0 Å². The lowest BCUT2D eigenvalue weighted by molar-refractivity contribution is -0.384. The Balaban J connectivity index is 1.70. The van der Waals surface area contributed by atoms with Gasteiger partial charge < -0.3 is 10.1 Å². The van der Waals surface area contributed by atoms with Gasteiger partial charge in [-0.15, -0.1) is 0 Å². The molecule has 0 aliphatic rings. The van der Waals surface area contributed by atoms with E-state index in [1.165, 1.54) is 18.2 Å². The van der Waals surface area contributed by atoms with Crippen molar-refractivity contribution in [3.63, 3.8) is 0 Å². The number of rotatable bonds is 6. The summed E-state index contributed by atoms with van der Waals surface area (Å²) in [7, 11) is 0. The molecule has 1 N–H and O–H groups in total. The van der Waals surface area contributed by atoms with Gasteiger partial charge in [0.1, 0.15) is 12.4 Å². The molecule has 1 amide bonds. The summed E-state index contributed by atoms with van der Waals surface area (Å²) in [4.78, 5) is 22.8. The fourth-order valence-corrected chi connectivity index (χ4v) is 2.54. The van der Waals surface area contributed by atoms with Crippen LogP contribution < -0.4 is 10.1 Å². The van der Waals surface area contributed by atoms with E-state index in [4.69, 9.17) is 10.00 Å². The summed E-state index contributed by atoms with van der Waals surface area (Å²) in [5.74, 6) is 0.0582. The van der Waals surface area contributed by atoms with E-state index in [9.17, 15) is 14.9 Å². The molecule has 7 heteroatoms. The Kier molecular flexibility index (Phi) is 5.63. The van der Waals surface area contributed by atoms with Gasteiger partial charge in [-0.25, -0.2) is 0 Å².